The van der Waals surface area contributed by atoms with Crippen LogP contribution in [0.4, 0.5) is 5.69 Å². The van der Waals surface area contributed by atoms with Crippen LogP contribution < -0.4 is 9.62 Å². The van der Waals surface area contributed by atoms with E-state index in [4.69, 9.17) is 0 Å². The van der Waals surface area contributed by atoms with Crippen LogP contribution in [0.5, 0.6) is 0 Å². The third-order valence-electron chi connectivity index (χ3n) is 5.07. The number of nitrogens with zero attached hydrogens (tertiary/aromatic N) is 1. The molecule has 0 fully saturated rings. The zero-order valence-electron chi connectivity index (χ0n) is 16.7. The van der Waals surface area contributed by atoms with Gasteiger partial charge in [-0.3, -0.25) is 4.79 Å². The van der Waals surface area contributed by atoms with Gasteiger partial charge in [0, 0.05) is 24.7 Å². The number of amides is 1. The predicted octanol–water partition coefficient (Wildman–Crippen LogP) is 4.05. The molecule has 2 aromatic carbocycles. The highest BCUT2D eigenvalue weighted by Crippen LogP contribution is 2.31. The van der Waals surface area contributed by atoms with Gasteiger partial charge >= 0.3 is 0 Å². The Morgan fingerprint density at radius 1 is 1.14 bits per heavy atom. The van der Waals surface area contributed by atoms with Gasteiger partial charge in [-0.1, -0.05) is 51.1 Å². The number of rotatable bonds is 7. The van der Waals surface area contributed by atoms with Gasteiger partial charge in [0.25, 0.3) is 0 Å². The number of nitrogens with one attached hydrogen (secondary N) is 1. The highest BCUT2D eigenvalue weighted by molar-refractivity contribution is 7.89. The quantitative estimate of drug-likeness (QED) is 0.762. The van der Waals surface area contributed by atoms with Crippen molar-refractivity contribution in [3.05, 3.63) is 59.7 Å². The lowest BCUT2D eigenvalue weighted by molar-refractivity contribution is -0.118. The van der Waals surface area contributed by atoms with Crippen molar-refractivity contribution in [2.24, 2.45) is 5.92 Å². The van der Waals surface area contributed by atoms with Crippen LogP contribution >= 0.6 is 0 Å². The monoisotopic (exact) mass is 400 g/mol. The molecule has 0 bridgehead atoms. The molecule has 1 heterocycles. The minimum atomic E-state index is -3.67. The van der Waals surface area contributed by atoms with Crippen molar-refractivity contribution in [1.82, 2.24) is 4.72 Å². The van der Waals surface area contributed by atoms with Crippen LogP contribution in [-0.4, -0.2) is 20.9 Å². The lowest BCUT2D eigenvalue weighted by Gasteiger charge is -2.21. The van der Waals surface area contributed by atoms with Crippen LogP contribution in [0, 0.1) is 5.92 Å². The van der Waals surface area contributed by atoms with E-state index in [1.807, 2.05) is 37.3 Å². The molecule has 0 aromatic heterocycles. The van der Waals surface area contributed by atoms with Gasteiger partial charge in [-0.2, -0.15) is 0 Å². The number of carbonyl (C=O) groups excluding carboxylic acids is 1. The molecular formula is C22H28N2O3S. The standard InChI is InChI=1S/C22H28N2O3S/c1-4-22(25)24-13-12-18-15-19(10-11-21(18)24)28(26,27)23-20(14-16(2)3)17-8-6-5-7-9-17/h5-11,15-16,20,23H,4,12-14H2,1-3H3/t20-/m0/s1. The van der Waals surface area contributed by atoms with E-state index in [-0.39, 0.29) is 16.8 Å². The molecule has 0 spiro atoms. The maximum atomic E-state index is 13.1. The fraction of sp³-hybridized carbons (Fsp3) is 0.409. The van der Waals surface area contributed by atoms with E-state index in [1.54, 1.807) is 23.1 Å². The Kier molecular flexibility index (Phi) is 6.20. The van der Waals surface area contributed by atoms with Gasteiger partial charge in [-0.25, -0.2) is 13.1 Å². The first-order valence-electron chi connectivity index (χ1n) is 9.82. The number of hydrogen-bond acceptors (Lipinski definition) is 3. The molecule has 0 saturated heterocycles. The molecule has 0 radical (unpaired) electrons. The Labute approximate surface area is 167 Å². The fourth-order valence-corrected chi connectivity index (χ4v) is 4.95. The predicted molar refractivity (Wildman–Crippen MR) is 112 cm³/mol. The first-order valence-corrected chi connectivity index (χ1v) is 11.3. The largest absolute Gasteiger partial charge is 0.312 e. The molecule has 0 saturated carbocycles. The normalized spacial score (nSPS) is 14.9. The van der Waals surface area contributed by atoms with Crippen molar-refractivity contribution in [1.29, 1.82) is 0 Å². The van der Waals surface area contributed by atoms with Gasteiger partial charge < -0.3 is 4.90 Å². The van der Waals surface area contributed by atoms with Crippen LogP contribution in [0.3, 0.4) is 0 Å². The van der Waals surface area contributed by atoms with Gasteiger partial charge in [0.1, 0.15) is 0 Å². The van der Waals surface area contributed by atoms with E-state index < -0.39 is 10.0 Å². The van der Waals surface area contributed by atoms with E-state index in [0.29, 0.717) is 31.7 Å². The van der Waals surface area contributed by atoms with Gasteiger partial charge in [0.2, 0.25) is 15.9 Å². The highest BCUT2D eigenvalue weighted by Gasteiger charge is 2.27. The van der Waals surface area contributed by atoms with E-state index in [1.165, 1.54) is 0 Å². The topological polar surface area (TPSA) is 66.5 Å². The smallest absolute Gasteiger partial charge is 0.241 e. The Balaban J connectivity index is 1.87. The van der Waals surface area contributed by atoms with Crippen LogP contribution in [-0.2, 0) is 21.2 Å². The summed E-state index contributed by atoms with van der Waals surface area (Å²) >= 11 is 0. The zero-order valence-corrected chi connectivity index (χ0v) is 17.5. The summed E-state index contributed by atoms with van der Waals surface area (Å²) in [5.41, 5.74) is 2.69. The molecule has 1 aliphatic heterocycles. The summed E-state index contributed by atoms with van der Waals surface area (Å²) in [4.78, 5) is 14.1. The minimum Gasteiger partial charge on any atom is -0.312 e. The summed E-state index contributed by atoms with van der Waals surface area (Å²) < 4.78 is 29.0. The van der Waals surface area contributed by atoms with Crippen molar-refractivity contribution in [2.45, 2.75) is 51.0 Å². The molecule has 1 aliphatic rings. The first-order chi connectivity index (χ1) is 13.3. The summed E-state index contributed by atoms with van der Waals surface area (Å²) in [6.45, 7) is 6.61. The molecule has 6 heteroatoms. The molecule has 1 amide bonds. The van der Waals surface area contributed by atoms with Gasteiger partial charge in [0.15, 0.2) is 0 Å². The summed E-state index contributed by atoms with van der Waals surface area (Å²) in [6.07, 6.45) is 1.83. The molecule has 3 rings (SSSR count). The molecule has 2 aromatic rings. The maximum absolute atomic E-state index is 13.1. The van der Waals surface area contributed by atoms with E-state index >= 15 is 0 Å². The van der Waals surface area contributed by atoms with Crippen LogP contribution in [0.2, 0.25) is 0 Å². The van der Waals surface area contributed by atoms with E-state index in [2.05, 4.69) is 18.6 Å². The van der Waals surface area contributed by atoms with Crippen LogP contribution in [0.15, 0.2) is 53.4 Å². The Morgan fingerprint density at radius 3 is 2.50 bits per heavy atom. The first kappa shape index (κ1) is 20.6. The lowest BCUT2D eigenvalue weighted by Crippen LogP contribution is -2.30. The Hall–Kier alpha value is -2.18. The summed E-state index contributed by atoms with van der Waals surface area (Å²) in [5, 5.41) is 0. The molecule has 5 nitrogen and oxygen atoms in total. The summed E-state index contributed by atoms with van der Waals surface area (Å²) in [5.74, 6) is 0.412. The number of sulfonamides is 1. The van der Waals surface area contributed by atoms with Crippen molar-refractivity contribution in [2.75, 3.05) is 11.4 Å². The van der Waals surface area contributed by atoms with Gasteiger partial charge in [0.05, 0.1) is 4.90 Å². The van der Waals surface area contributed by atoms with Crippen molar-refractivity contribution >= 4 is 21.6 Å². The van der Waals surface area contributed by atoms with E-state index in [0.717, 1.165) is 16.8 Å². The number of anilines is 1. The second-order valence-corrected chi connectivity index (χ2v) is 9.37. The average Bonchev–Trinajstić information content (AvgIpc) is 3.10. The number of benzene rings is 2. The van der Waals surface area contributed by atoms with Crippen molar-refractivity contribution in [3.8, 4) is 0 Å². The zero-order chi connectivity index (χ0) is 20.3. The second kappa shape index (κ2) is 8.45. The van der Waals surface area contributed by atoms with Crippen LogP contribution in [0.1, 0.15) is 50.8 Å². The molecule has 1 atom stereocenters. The molecule has 0 aliphatic carbocycles. The Morgan fingerprint density at radius 2 is 1.86 bits per heavy atom. The van der Waals surface area contributed by atoms with E-state index in [9.17, 15) is 13.2 Å². The molecular weight excluding hydrogens is 372 g/mol. The fourth-order valence-electron chi connectivity index (χ4n) is 3.66. The Bertz CT molecular complexity index is 940. The van der Waals surface area contributed by atoms with Gasteiger partial charge in [-0.15, -0.1) is 0 Å². The van der Waals surface area contributed by atoms with Gasteiger partial charge in [-0.05, 0) is 48.1 Å². The molecule has 1 N–H and O–H groups in total. The van der Waals surface area contributed by atoms with Crippen molar-refractivity contribution < 1.29 is 13.2 Å². The third kappa shape index (κ3) is 4.45. The summed E-state index contributed by atoms with van der Waals surface area (Å²) in [6, 6.07) is 14.4. The van der Waals surface area contributed by atoms with Crippen LogP contribution in [0.25, 0.3) is 0 Å². The highest BCUT2D eigenvalue weighted by atomic mass is 32.2. The number of hydrogen-bond donors (Lipinski definition) is 1. The van der Waals surface area contributed by atoms with Crippen molar-refractivity contribution in [3.63, 3.8) is 0 Å². The molecule has 150 valence electrons. The third-order valence-corrected chi connectivity index (χ3v) is 6.54. The number of fused-ring (bicyclic) bond motifs is 1. The number of carbonyl (C=O) groups is 1. The summed E-state index contributed by atoms with van der Waals surface area (Å²) in [7, 11) is -3.67. The second-order valence-electron chi connectivity index (χ2n) is 7.65. The lowest BCUT2D eigenvalue weighted by atomic mass is 9.98. The average molecular weight is 401 g/mol. The molecule has 28 heavy (non-hydrogen) atoms. The maximum Gasteiger partial charge on any atom is 0.241 e. The molecule has 0 unspecified atom stereocenters. The SMILES string of the molecule is CCC(=O)N1CCc2cc(S(=O)(=O)N[C@@H](CC(C)C)c3ccccc3)ccc21. The minimum absolute atomic E-state index is 0.0635.